The highest BCUT2D eigenvalue weighted by Crippen LogP contribution is 2.12. The normalized spacial score (nSPS) is 9.46. The SMILES string of the molecule is CC(C)=CCOc1ccc(Br)nc1. The van der Waals surface area contributed by atoms with Crippen LogP contribution < -0.4 is 4.74 Å². The van der Waals surface area contributed by atoms with Crippen LogP contribution in [0.3, 0.4) is 0 Å². The van der Waals surface area contributed by atoms with E-state index >= 15 is 0 Å². The molecule has 0 amide bonds. The summed E-state index contributed by atoms with van der Waals surface area (Å²) in [5.74, 6) is 0.792. The Morgan fingerprint density at radius 2 is 2.31 bits per heavy atom. The van der Waals surface area contributed by atoms with Gasteiger partial charge in [0.25, 0.3) is 0 Å². The van der Waals surface area contributed by atoms with Gasteiger partial charge in [-0.25, -0.2) is 4.98 Å². The minimum Gasteiger partial charge on any atom is -0.488 e. The van der Waals surface area contributed by atoms with Crippen molar-refractivity contribution in [2.45, 2.75) is 13.8 Å². The number of ether oxygens (including phenoxy) is 1. The van der Waals surface area contributed by atoms with Gasteiger partial charge in [0.05, 0.1) is 6.20 Å². The van der Waals surface area contributed by atoms with E-state index in [4.69, 9.17) is 4.74 Å². The molecule has 0 aliphatic rings. The molecule has 3 heteroatoms. The molecule has 1 heterocycles. The molecule has 0 saturated heterocycles. The van der Waals surface area contributed by atoms with E-state index in [-0.39, 0.29) is 0 Å². The number of nitrogens with zero attached hydrogens (tertiary/aromatic N) is 1. The minimum absolute atomic E-state index is 0.603. The van der Waals surface area contributed by atoms with Gasteiger partial charge in [-0.1, -0.05) is 5.57 Å². The first-order valence-electron chi connectivity index (χ1n) is 4.06. The van der Waals surface area contributed by atoms with Crippen LogP contribution in [0.5, 0.6) is 5.75 Å². The maximum atomic E-state index is 5.41. The van der Waals surface area contributed by atoms with Gasteiger partial charge in [-0.15, -0.1) is 0 Å². The fourth-order valence-corrected chi connectivity index (χ4v) is 0.987. The van der Waals surface area contributed by atoms with E-state index in [0.717, 1.165) is 10.4 Å². The predicted octanol–water partition coefficient (Wildman–Crippen LogP) is 3.19. The number of halogens is 1. The van der Waals surface area contributed by atoms with Crippen molar-refractivity contribution < 1.29 is 4.74 Å². The fraction of sp³-hybridized carbons (Fsp3) is 0.300. The number of rotatable bonds is 3. The molecule has 0 unspecified atom stereocenters. The van der Waals surface area contributed by atoms with Crippen LogP contribution in [0.1, 0.15) is 13.8 Å². The lowest BCUT2D eigenvalue weighted by Crippen LogP contribution is -1.94. The average molecular weight is 242 g/mol. The highest BCUT2D eigenvalue weighted by molar-refractivity contribution is 9.10. The summed E-state index contributed by atoms with van der Waals surface area (Å²) in [6.07, 6.45) is 3.73. The molecule has 0 N–H and O–H groups in total. The molecule has 0 bridgehead atoms. The summed E-state index contributed by atoms with van der Waals surface area (Å²) in [6, 6.07) is 3.74. The van der Waals surface area contributed by atoms with Crippen LogP contribution >= 0.6 is 15.9 Å². The van der Waals surface area contributed by atoms with Gasteiger partial charge in [0.1, 0.15) is 17.0 Å². The average Bonchev–Trinajstić information content (AvgIpc) is 2.08. The third-order valence-electron chi connectivity index (χ3n) is 1.44. The first kappa shape index (κ1) is 10.3. The third kappa shape index (κ3) is 4.08. The van der Waals surface area contributed by atoms with Gasteiger partial charge < -0.3 is 4.74 Å². The maximum Gasteiger partial charge on any atom is 0.138 e. The maximum absolute atomic E-state index is 5.41. The number of hydrogen-bond acceptors (Lipinski definition) is 2. The molecule has 0 radical (unpaired) electrons. The highest BCUT2D eigenvalue weighted by atomic mass is 79.9. The molecule has 1 aromatic rings. The number of pyridine rings is 1. The number of allylic oxidation sites excluding steroid dienone is 1. The zero-order valence-electron chi connectivity index (χ0n) is 7.75. The first-order valence-corrected chi connectivity index (χ1v) is 4.85. The summed E-state index contributed by atoms with van der Waals surface area (Å²) in [5, 5.41) is 0. The Morgan fingerprint density at radius 1 is 1.54 bits per heavy atom. The van der Waals surface area contributed by atoms with Crippen molar-refractivity contribution in [3.05, 3.63) is 34.6 Å². The van der Waals surface area contributed by atoms with Crippen molar-refractivity contribution in [2.24, 2.45) is 0 Å². The lowest BCUT2D eigenvalue weighted by Gasteiger charge is -2.02. The Bertz CT molecular complexity index is 288. The lowest BCUT2D eigenvalue weighted by molar-refractivity contribution is 0.360. The Morgan fingerprint density at radius 3 is 2.85 bits per heavy atom. The quantitative estimate of drug-likeness (QED) is 0.599. The van der Waals surface area contributed by atoms with Crippen molar-refractivity contribution in [2.75, 3.05) is 6.61 Å². The molecule has 0 saturated carbocycles. The van der Waals surface area contributed by atoms with Crippen LogP contribution in [-0.2, 0) is 0 Å². The molecule has 13 heavy (non-hydrogen) atoms. The summed E-state index contributed by atoms with van der Waals surface area (Å²) < 4.78 is 6.23. The van der Waals surface area contributed by atoms with E-state index in [0.29, 0.717) is 6.61 Å². The summed E-state index contributed by atoms with van der Waals surface area (Å²) in [5.41, 5.74) is 1.25. The topological polar surface area (TPSA) is 22.1 Å². The van der Waals surface area contributed by atoms with E-state index in [1.807, 2.05) is 32.1 Å². The zero-order valence-corrected chi connectivity index (χ0v) is 9.34. The third-order valence-corrected chi connectivity index (χ3v) is 1.91. The fourth-order valence-electron chi connectivity index (χ4n) is 0.752. The van der Waals surface area contributed by atoms with Gasteiger partial charge in [-0.3, -0.25) is 0 Å². The second kappa shape index (κ2) is 5.02. The van der Waals surface area contributed by atoms with Crippen molar-refractivity contribution in [3.63, 3.8) is 0 Å². The van der Waals surface area contributed by atoms with Crippen LogP contribution in [0, 0.1) is 0 Å². The van der Waals surface area contributed by atoms with Crippen molar-refractivity contribution in [1.82, 2.24) is 4.98 Å². The number of hydrogen-bond donors (Lipinski definition) is 0. The van der Waals surface area contributed by atoms with Gasteiger partial charge in [0.2, 0.25) is 0 Å². The molecule has 70 valence electrons. The molecule has 0 spiro atoms. The molecule has 0 atom stereocenters. The Hall–Kier alpha value is -0.830. The Kier molecular flexibility index (Phi) is 3.96. The van der Waals surface area contributed by atoms with Crippen LogP contribution in [0.25, 0.3) is 0 Å². The summed E-state index contributed by atoms with van der Waals surface area (Å²) >= 11 is 3.26. The van der Waals surface area contributed by atoms with E-state index < -0.39 is 0 Å². The summed E-state index contributed by atoms with van der Waals surface area (Å²) in [7, 11) is 0. The molecule has 0 aliphatic carbocycles. The van der Waals surface area contributed by atoms with Gasteiger partial charge in [-0.2, -0.15) is 0 Å². The Balaban J connectivity index is 2.46. The van der Waals surface area contributed by atoms with E-state index in [1.54, 1.807) is 6.20 Å². The van der Waals surface area contributed by atoms with E-state index in [2.05, 4.69) is 20.9 Å². The highest BCUT2D eigenvalue weighted by Gasteiger charge is 1.92. The second-order valence-electron chi connectivity index (χ2n) is 2.91. The van der Waals surface area contributed by atoms with Crippen LogP contribution in [0.15, 0.2) is 34.6 Å². The van der Waals surface area contributed by atoms with E-state index in [9.17, 15) is 0 Å². The molecule has 0 aliphatic heterocycles. The Labute approximate surface area is 86.8 Å². The van der Waals surface area contributed by atoms with Crippen molar-refractivity contribution in [1.29, 1.82) is 0 Å². The van der Waals surface area contributed by atoms with Gasteiger partial charge >= 0.3 is 0 Å². The van der Waals surface area contributed by atoms with Crippen LogP contribution in [0.2, 0.25) is 0 Å². The minimum atomic E-state index is 0.603. The molecule has 0 aromatic carbocycles. The number of aromatic nitrogens is 1. The molecular weight excluding hydrogens is 230 g/mol. The molecule has 1 rings (SSSR count). The molecule has 0 fully saturated rings. The van der Waals surface area contributed by atoms with Gasteiger partial charge in [-0.05, 0) is 48.0 Å². The standard InChI is InChI=1S/C10H12BrNO/c1-8(2)5-6-13-9-3-4-10(11)12-7-9/h3-5,7H,6H2,1-2H3. The summed E-state index contributed by atoms with van der Waals surface area (Å²) in [6.45, 7) is 4.69. The monoisotopic (exact) mass is 241 g/mol. The smallest absolute Gasteiger partial charge is 0.138 e. The van der Waals surface area contributed by atoms with Crippen molar-refractivity contribution >= 4 is 15.9 Å². The van der Waals surface area contributed by atoms with Crippen LogP contribution in [0.4, 0.5) is 0 Å². The summed E-state index contributed by atoms with van der Waals surface area (Å²) in [4.78, 5) is 4.05. The largest absolute Gasteiger partial charge is 0.488 e. The second-order valence-corrected chi connectivity index (χ2v) is 3.72. The zero-order chi connectivity index (χ0) is 9.68. The lowest BCUT2D eigenvalue weighted by atomic mass is 10.3. The molecular formula is C10H12BrNO. The van der Waals surface area contributed by atoms with Crippen molar-refractivity contribution in [3.8, 4) is 5.75 Å². The van der Waals surface area contributed by atoms with Gasteiger partial charge in [0.15, 0.2) is 0 Å². The van der Waals surface area contributed by atoms with Gasteiger partial charge in [0, 0.05) is 0 Å². The molecule has 1 aromatic heterocycles. The predicted molar refractivity (Wildman–Crippen MR) is 56.9 cm³/mol. The first-order chi connectivity index (χ1) is 6.18. The van der Waals surface area contributed by atoms with Crippen LogP contribution in [-0.4, -0.2) is 11.6 Å². The molecule has 2 nitrogen and oxygen atoms in total. The van der Waals surface area contributed by atoms with E-state index in [1.165, 1.54) is 5.57 Å².